The van der Waals surface area contributed by atoms with Crippen molar-refractivity contribution in [3.63, 3.8) is 0 Å². The zero-order chi connectivity index (χ0) is 12.5. The fraction of sp³-hybridized carbons (Fsp3) is 0.214. The van der Waals surface area contributed by atoms with Gasteiger partial charge in [0.25, 0.3) is 0 Å². The third-order valence-electron chi connectivity index (χ3n) is 3.22. The number of fused-ring (bicyclic) bond motifs is 1. The Morgan fingerprint density at radius 2 is 2.11 bits per heavy atom. The molecule has 2 amide bonds. The molecule has 1 atom stereocenters. The maximum Gasteiger partial charge on any atom is 0.322 e. The van der Waals surface area contributed by atoms with Crippen LogP contribution in [0.4, 0.5) is 10.5 Å². The molecule has 92 valence electrons. The highest BCUT2D eigenvalue weighted by molar-refractivity contribution is 7.10. The van der Waals surface area contributed by atoms with Gasteiger partial charge in [0.15, 0.2) is 0 Å². The number of urea groups is 1. The Hall–Kier alpha value is -1.81. The first-order valence-corrected chi connectivity index (χ1v) is 6.89. The third-order valence-corrected chi connectivity index (χ3v) is 4.15. The van der Waals surface area contributed by atoms with Gasteiger partial charge in [0.2, 0.25) is 0 Å². The number of nitrogens with one attached hydrogen (secondary N) is 1. The summed E-state index contributed by atoms with van der Waals surface area (Å²) < 4.78 is 0. The van der Waals surface area contributed by atoms with E-state index in [4.69, 9.17) is 0 Å². The van der Waals surface area contributed by atoms with Crippen LogP contribution >= 0.6 is 11.3 Å². The Labute approximate surface area is 110 Å². The maximum absolute atomic E-state index is 12.1. The minimum Gasteiger partial charge on any atom is -0.313 e. The van der Waals surface area contributed by atoms with Crippen LogP contribution in [0, 0.1) is 0 Å². The van der Waals surface area contributed by atoms with Gasteiger partial charge < -0.3 is 10.2 Å². The van der Waals surface area contributed by atoms with E-state index < -0.39 is 0 Å². The van der Waals surface area contributed by atoms with E-state index in [1.165, 1.54) is 10.4 Å². The van der Waals surface area contributed by atoms with Crippen molar-refractivity contribution in [3.05, 3.63) is 52.2 Å². The molecule has 0 saturated carbocycles. The first kappa shape index (κ1) is 11.3. The van der Waals surface area contributed by atoms with Crippen LogP contribution in [0.5, 0.6) is 0 Å². The van der Waals surface area contributed by atoms with Crippen molar-refractivity contribution in [2.24, 2.45) is 0 Å². The number of benzene rings is 1. The average molecular weight is 258 g/mol. The van der Waals surface area contributed by atoms with Crippen molar-refractivity contribution in [1.82, 2.24) is 4.90 Å². The Morgan fingerprint density at radius 3 is 2.83 bits per heavy atom. The number of carbonyl (C=O) groups excluding carboxylic acids is 1. The number of rotatable bonds is 2. The molecule has 0 bridgehead atoms. The van der Waals surface area contributed by atoms with Crippen molar-refractivity contribution in [3.8, 4) is 0 Å². The van der Waals surface area contributed by atoms with Crippen molar-refractivity contribution in [2.45, 2.75) is 13.0 Å². The van der Waals surface area contributed by atoms with Gasteiger partial charge in [-0.25, -0.2) is 4.79 Å². The van der Waals surface area contributed by atoms with Gasteiger partial charge in [0, 0.05) is 22.7 Å². The predicted molar refractivity (Wildman–Crippen MR) is 74.0 cm³/mol. The SMILES string of the molecule is CCN1C(=O)Nc2ccccc2C1c1cccs1. The first-order valence-electron chi connectivity index (χ1n) is 6.01. The number of nitrogens with zero attached hydrogens (tertiary/aromatic N) is 1. The Kier molecular flexibility index (Phi) is 2.80. The van der Waals surface area contributed by atoms with Crippen LogP contribution in [0.15, 0.2) is 41.8 Å². The van der Waals surface area contributed by atoms with E-state index in [2.05, 4.69) is 22.8 Å². The van der Waals surface area contributed by atoms with Gasteiger partial charge in [0.05, 0.1) is 6.04 Å². The zero-order valence-electron chi connectivity index (χ0n) is 10.1. The highest BCUT2D eigenvalue weighted by atomic mass is 32.1. The molecule has 0 radical (unpaired) electrons. The Balaban J connectivity index is 2.15. The van der Waals surface area contributed by atoms with Crippen molar-refractivity contribution in [1.29, 1.82) is 0 Å². The second-order valence-electron chi connectivity index (χ2n) is 4.22. The molecule has 1 N–H and O–H groups in total. The van der Waals surface area contributed by atoms with E-state index in [-0.39, 0.29) is 12.1 Å². The van der Waals surface area contributed by atoms with Gasteiger partial charge in [-0.05, 0) is 24.4 Å². The summed E-state index contributed by atoms with van der Waals surface area (Å²) in [4.78, 5) is 15.2. The second kappa shape index (κ2) is 4.46. The van der Waals surface area contributed by atoms with E-state index in [9.17, 15) is 4.79 Å². The number of anilines is 1. The van der Waals surface area contributed by atoms with Crippen LogP contribution in [0.3, 0.4) is 0 Å². The van der Waals surface area contributed by atoms with E-state index in [1.54, 1.807) is 11.3 Å². The summed E-state index contributed by atoms with van der Waals surface area (Å²) in [5.74, 6) is 0. The molecule has 2 aromatic rings. The predicted octanol–water partition coefficient (Wildman–Crippen LogP) is 3.70. The summed E-state index contributed by atoms with van der Waals surface area (Å²) in [6, 6.07) is 12.2. The van der Waals surface area contributed by atoms with Crippen molar-refractivity contribution >= 4 is 23.1 Å². The first-order chi connectivity index (χ1) is 8.81. The fourth-order valence-corrected chi connectivity index (χ4v) is 3.26. The number of carbonyl (C=O) groups is 1. The Bertz CT molecular complexity index is 565. The molecule has 1 aliphatic heterocycles. The zero-order valence-corrected chi connectivity index (χ0v) is 10.9. The Morgan fingerprint density at radius 1 is 1.28 bits per heavy atom. The van der Waals surface area contributed by atoms with E-state index in [1.807, 2.05) is 36.1 Å². The molecule has 0 spiro atoms. The molecular formula is C14H14N2OS. The van der Waals surface area contributed by atoms with Gasteiger partial charge in [-0.15, -0.1) is 11.3 Å². The molecule has 4 heteroatoms. The smallest absolute Gasteiger partial charge is 0.313 e. The molecule has 18 heavy (non-hydrogen) atoms. The van der Waals surface area contributed by atoms with Crippen molar-refractivity contribution < 1.29 is 4.79 Å². The minimum absolute atomic E-state index is 0.0189. The lowest BCUT2D eigenvalue weighted by atomic mass is 9.99. The highest BCUT2D eigenvalue weighted by Crippen LogP contribution is 2.38. The van der Waals surface area contributed by atoms with Crippen LogP contribution in [-0.2, 0) is 0 Å². The molecule has 0 saturated heterocycles. The lowest BCUT2D eigenvalue weighted by Crippen LogP contribution is -2.42. The van der Waals surface area contributed by atoms with Crippen LogP contribution in [0.2, 0.25) is 0 Å². The van der Waals surface area contributed by atoms with Crippen LogP contribution < -0.4 is 5.32 Å². The normalized spacial score (nSPS) is 18.4. The van der Waals surface area contributed by atoms with E-state index in [0.717, 1.165) is 5.69 Å². The minimum atomic E-state index is -0.0189. The molecular weight excluding hydrogens is 244 g/mol. The maximum atomic E-state index is 12.1. The molecule has 3 rings (SSSR count). The van der Waals surface area contributed by atoms with Crippen LogP contribution in [-0.4, -0.2) is 17.5 Å². The van der Waals surface area contributed by atoms with Gasteiger partial charge in [-0.3, -0.25) is 0 Å². The van der Waals surface area contributed by atoms with E-state index in [0.29, 0.717) is 6.54 Å². The molecule has 2 heterocycles. The molecule has 1 aromatic heterocycles. The average Bonchev–Trinajstić information content (AvgIpc) is 2.90. The summed E-state index contributed by atoms with van der Waals surface area (Å²) >= 11 is 1.69. The number of hydrogen-bond donors (Lipinski definition) is 1. The van der Waals surface area contributed by atoms with Gasteiger partial charge in [-0.1, -0.05) is 24.3 Å². The number of thiophene rings is 1. The third kappa shape index (κ3) is 1.69. The summed E-state index contributed by atoms with van der Waals surface area (Å²) in [5, 5.41) is 5.00. The summed E-state index contributed by atoms with van der Waals surface area (Å²) in [7, 11) is 0. The van der Waals surface area contributed by atoms with Gasteiger partial charge >= 0.3 is 6.03 Å². The fourth-order valence-electron chi connectivity index (χ4n) is 2.40. The van der Waals surface area contributed by atoms with Crippen molar-refractivity contribution in [2.75, 3.05) is 11.9 Å². The topological polar surface area (TPSA) is 32.3 Å². The lowest BCUT2D eigenvalue weighted by molar-refractivity contribution is 0.199. The highest BCUT2D eigenvalue weighted by Gasteiger charge is 2.32. The van der Waals surface area contributed by atoms with Crippen LogP contribution in [0.1, 0.15) is 23.4 Å². The second-order valence-corrected chi connectivity index (χ2v) is 5.20. The summed E-state index contributed by atoms with van der Waals surface area (Å²) in [6.45, 7) is 2.71. The number of amides is 2. The number of hydrogen-bond acceptors (Lipinski definition) is 2. The lowest BCUT2D eigenvalue weighted by Gasteiger charge is -2.36. The molecule has 1 aliphatic rings. The molecule has 1 unspecified atom stereocenters. The quantitative estimate of drug-likeness (QED) is 0.875. The monoisotopic (exact) mass is 258 g/mol. The molecule has 3 nitrogen and oxygen atoms in total. The summed E-state index contributed by atoms with van der Waals surface area (Å²) in [6.07, 6.45) is 0. The molecule has 0 fully saturated rings. The largest absolute Gasteiger partial charge is 0.322 e. The molecule has 1 aromatic carbocycles. The van der Waals surface area contributed by atoms with Crippen LogP contribution in [0.25, 0.3) is 0 Å². The van der Waals surface area contributed by atoms with E-state index >= 15 is 0 Å². The summed E-state index contributed by atoms with van der Waals surface area (Å²) in [5.41, 5.74) is 2.09. The molecule has 0 aliphatic carbocycles. The number of para-hydroxylation sites is 1. The van der Waals surface area contributed by atoms with Gasteiger partial charge in [-0.2, -0.15) is 0 Å². The standard InChI is InChI=1S/C14H14N2OS/c1-2-16-13(12-8-5-9-18-12)10-6-3-4-7-11(10)15-14(16)17/h3-9,13H,2H2,1H3,(H,15,17). The van der Waals surface area contributed by atoms with Gasteiger partial charge in [0.1, 0.15) is 0 Å².